The second-order valence-corrected chi connectivity index (χ2v) is 23.3. The van der Waals surface area contributed by atoms with E-state index in [0.29, 0.717) is 87.2 Å². The van der Waals surface area contributed by atoms with E-state index in [0.717, 1.165) is 110 Å². The van der Waals surface area contributed by atoms with Crippen molar-refractivity contribution in [3.8, 4) is 0 Å². The summed E-state index contributed by atoms with van der Waals surface area (Å²) >= 11 is 0. The van der Waals surface area contributed by atoms with Crippen molar-refractivity contribution in [2.45, 2.75) is 266 Å². The SMILES string of the molecule is CCCCCCCCCCCCCCNC(=O)CC[C@@H](C)[C@H]1CC[C@H]2[C@@H]3[C@@H](O)C[C@@H]4C[C@H](OC(=O)CCCN(CCCOC(=O)CCCC)CCCOC(=O)CCCCC)CC[C@]4(C)[C@H]3CC[C@]12C. The van der Waals surface area contributed by atoms with E-state index >= 15 is 0 Å². The van der Waals surface area contributed by atoms with Gasteiger partial charge in [-0.3, -0.25) is 19.2 Å². The first-order valence-corrected chi connectivity index (χ1v) is 29.5. The number of hydrogen-bond acceptors (Lipinski definition) is 9. The number of rotatable bonds is 37. The lowest BCUT2D eigenvalue weighted by molar-refractivity contribution is -0.183. The van der Waals surface area contributed by atoms with Crippen molar-refractivity contribution in [1.29, 1.82) is 0 Å². The quantitative estimate of drug-likeness (QED) is 0.0355. The molecule has 2 N–H and O–H groups in total. The Morgan fingerprint density at radius 3 is 1.77 bits per heavy atom. The number of carbonyl (C=O) groups is 4. The predicted octanol–water partition coefficient (Wildman–Crippen LogP) is 13.5. The van der Waals surface area contributed by atoms with E-state index in [-0.39, 0.29) is 46.9 Å². The van der Waals surface area contributed by atoms with E-state index in [1.165, 1.54) is 89.9 Å². The van der Waals surface area contributed by atoms with Crippen LogP contribution in [0.1, 0.15) is 253 Å². The van der Waals surface area contributed by atoms with Crippen LogP contribution < -0.4 is 5.32 Å². The fraction of sp³-hybridized carbons (Fsp3) is 0.932. The minimum Gasteiger partial charge on any atom is -0.466 e. The highest BCUT2D eigenvalue weighted by atomic mass is 16.5. The molecule has 4 aliphatic carbocycles. The van der Waals surface area contributed by atoms with Crippen molar-refractivity contribution in [3.63, 3.8) is 0 Å². The molecule has 0 radical (unpaired) electrons. The molecule has 0 unspecified atom stereocenters. The molecule has 0 spiro atoms. The number of ether oxygens (including phenoxy) is 3. The molecule has 4 aliphatic rings. The zero-order valence-electron chi connectivity index (χ0n) is 45.4. The Kier molecular flexibility index (Phi) is 28.2. The molecule has 400 valence electrons. The molecule has 0 heterocycles. The highest BCUT2D eigenvalue weighted by Gasteiger charge is 2.63. The first-order valence-electron chi connectivity index (χ1n) is 29.5. The zero-order chi connectivity index (χ0) is 49.9. The van der Waals surface area contributed by atoms with Gasteiger partial charge in [0, 0.05) is 45.3 Å². The van der Waals surface area contributed by atoms with Crippen molar-refractivity contribution in [2.24, 2.45) is 46.3 Å². The number of nitrogens with zero attached hydrogens (tertiary/aromatic N) is 1. The van der Waals surface area contributed by atoms with Gasteiger partial charge in [-0.2, -0.15) is 0 Å². The molecule has 10 nitrogen and oxygen atoms in total. The van der Waals surface area contributed by atoms with Gasteiger partial charge >= 0.3 is 17.9 Å². The summed E-state index contributed by atoms with van der Waals surface area (Å²) in [5.74, 6) is 2.59. The second-order valence-electron chi connectivity index (χ2n) is 23.3. The smallest absolute Gasteiger partial charge is 0.306 e. The number of aliphatic hydroxyl groups excluding tert-OH is 1. The summed E-state index contributed by atoms with van der Waals surface area (Å²) in [7, 11) is 0. The Morgan fingerprint density at radius 2 is 1.13 bits per heavy atom. The molecular formula is C59H106N2O8. The van der Waals surface area contributed by atoms with Crippen LogP contribution in [0.25, 0.3) is 0 Å². The van der Waals surface area contributed by atoms with Crippen LogP contribution in [-0.2, 0) is 33.4 Å². The molecule has 0 aliphatic heterocycles. The monoisotopic (exact) mass is 971 g/mol. The lowest BCUT2D eigenvalue weighted by Crippen LogP contribution is -2.58. The standard InChI is InChI=1S/C59H106N2O8/c1-7-10-13-14-15-16-17-18-19-20-21-23-38-60-53(63)33-30-46(4)49-31-32-50-57-51(35-37-59(49,50)6)58(5)36-34-48(44-47(58)45-52(57)62)69-56(66)29-24-39-61(40-25-42-67-54(64)27-12-9-3)41-26-43-68-55(65)28-22-11-8-2/h46-52,57,62H,7-45H2,1-6H3,(H,60,63)/t46-,47+,48-,49-,50+,51+,52+,57+,58+,59-/m1/s1. The first-order chi connectivity index (χ1) is 33.4. The maximum absolute atomic E-state index is 13.3. The number of nitrogens with one attached hydrogen (secondary N) is 1. The van der Waals surface area contributed by atoms with Gasteiger partial charge in [0.1, 0.15) is 6.10 Å². The molecule has 0 bridgehead atoms. The highest BCUT2D eigenvalue weighted by Crippen LogP contribution is 2.68. The van der Waals surface area contributed by atoms with Crippen molar-refractivity contribution >= 4 is 23.8 Å². The lowest BCUT2D eigenvalue weighted by Gasteiger charge is -2.62. The van der Waals surface area contributed by atoms with Gasteiger partial charge in [-0.1, -0.05) is 131 Å². The molecule has 1 amide bonds. The fourth-order valence-corrected chi connectivity index (χ4v) is 14.1. The number of hydrogen-bond donors (Lipinski definition) is 2. The number of esters is 3. The summed E-state index contributed by atoms with van der Waals surface area (Å²) in [5, 5.41) is 15.3. The normalized spacial score (nSPS) is 27.8. The Morgan fingerprint density at radius 1 is 0.594 bits per heavy atom. The number of aliphatic hydroxyl groups is 1. The number of carbonyl (C=O) groups excluding carboxylic acids is 4. The first kappa shape index (κ1) is 59.4. The van der Waals surface area contributed by atoms with E-state index in [2.05, 4.69) is 51.8 Å². The lowest BCUT2D eigenvalue weighted by atomic mass is 9.43. The third-order valence-electron chi connectivity index (χ3n) is 18.2. The average Bonchev–Trinajstić information content (AvgIpc) is 3.69. The molecular weight excluding hydrogens is 865 g/mol. The van der Waals surface area contributed by atoms with E-state index < -0.39 is 0 Å². The summed E-state index contributed by atoms with van der Waals surface area (Å²) in [6.45, 7) is 17.7. The highest BCUT2D eigenvalue weighted by molar-refractivity contribution is 5.75. The Bertz CT molecular complexity index is 1460. The van der Waals surface area contributed by atoms with Crippen LogP contribution in [-0.4, -0.2) is 85.4 Å². The maximum atomic E-state index is 13.3. The third kappa shape index (κ3) is 20.0. The minimum absolute atomic E-state index is 0.0999. The number of unbranched alkanes of at least 4 members (excludes halogenated alkanes) is 14. The van der Waals surface area contributed by atoms with Gasteiger partial charge in [-0.15, -0.1) is 0 Å². The molecule has 10 heteroatoms. The fourth-order valence-electron chi connectivity index (χ4n) is 14.1. The predicted molar refractivity (Wildman–Crippen MR) is 279 cm³/mol. The Balaban J connectivity index is 1.16. The van der Waals surface area contributed by atoms with E-state index in [1.54, 1.807) is 0 Å². The minimum atomic E-state index is -0.317. The molecule has 0 aromatic heterocycles. The van der Waals surface area contributed by atoms with Gasteiger partial charge in [0.15, 0.2) is 0 Å². The van der Waals surface area contributed by atoms with Crippen molar-refractivity contribution in [2.75, 3.05) is 39.4 Å². The summed E-state index contributed by atoms with van der Waals surface area (Å²) in [5.41, 5.74) is 0.360. The van der Waals surface area contributed by atoms with Gasteiger partial charge in [-0.05, 0) is 149 Å². The van der Waals surface area contributed by atoms with Gasteiger partial charge in [-0.25, -0.2) is 0 Å². The van der Waals surface area contributed by atoms with E-state index in [4.69, 9.17) is 14.2 Å². The zero-order valence-corrected chi connectivity index (χ0v) is 45.4. The van der Waals surface area contributed by atoms with Crippen molar-refractivity contribution in [1.82, 2.24) is 10.2 Å². The van der Waals surface area contributed by atoms with Crippen molar-refractivity contribution in [3.05, 3.63) is 0 Å². The molecule has 69 heavy (non-hydrogen) atoms. The average molecular weight is 972 g/mol. The van der Waals surface area contributed by atoms with Gasteiger partial charge in [0.2, 0.25) is 5.91 Å². The Hall–Kier alpha value is -2.20. The van der Waals surface area contributed by atoms with Gasteiger partial charge in [0.05, 0.1) is 19.3 Å². The molecule has 4 saturated carbocycles. The summed E-state index contributed by atoms with van der Waals surface area (Å²) in [6, 6.07) is 0. The van der Waals surface area contributed by atoms with E-state index in [9.17, 15) is 24.3 Å². The number of fused-ring (bicyclic) bond motifs is 5. The van der Waals surface area contributed by atoms with Crippen LogP contribution in [0.3, 0.4) is 0 Å². The third-order valence-corrected chi connectivity index (χ3v) is 18.2. The van der Waals surface area contributed by atoms with Crippen LogP contribution in [0.5, 0.6) is 0 Å². The van der Waals surface area contributed by atoms with Gasteiger partial charge in [0.25, 0.3) is 0 Å². The topological polar surface area (TPSA) is 131 Å². The van der Waals surface area contributed by atoms with Crippen molar-refractivity contribution < 1.29 is 38.5 Å². The number of amides is 1. The maximum Gasteiger partial charge on any atom is 0.306 e. The van der Waals surface area contributed by atoms with Crippen LogP contribution >= 0.6 is 0 Å². The van der Waals surface area contributed by atoms with Crippen LogP contribution in [0.15, 0.2) is 0 Å². The van der Waals surface area contributed by atoms with Crippen LogP contribution in [0, 0.1) is 46.3 Å². The largest absolute Gasteiger partial charge is 0.466 e. The Labute approximate surface area is 422 Å². The molecule has 4 rings (SSSR count). The van der Waals surface area contributed by atoms with Crippen LogP contribution in [0.4, 0.5) is 0 Å². The summed E-state index contributed by atoms with van der Waals surface area (Å²) in [4.78, 5) is 52.7. The van der Waals surface area contributed by atoms with Crippen LogP contribution in [0.2, 0.25) is 0 Å². The van der Waals surface area contributed by atoms with E-state index in [1.807, 2.05) is 0 Å². The van der Waals surface area contributed by atoms with Gasteiger partial charge < -0.3 is 29.5 Å². The molecule has 10 atom stereocenters. The summed E-state index contributed by atoms with van der Waals surface area (Å²) in [6.07, 6.45) is 33.6. The second kappa shape index (κ2) is 32.8. The molecule has 0 aromatic carbocycles. The summed E-state index contributed by atoms with van der Waals surface area (Å²) < 4.78 is 17.1. The molecule has 0 aromatic rings. The molecule has 0 saturated heterocycles. The molecule has 4 fully saturated rings.